The number of imidazole rings is 1. The Balaban J connectivity index is 0.00000256. The normalized spacial score (nSPS) is 10.6. The molecule has 4 rings (SSSR count). The van der Waals surface area contributed by atoms with Gasteiger partial charge in [0.15, 0.2) is 11.5 Å². The van der Waals surface area contributed by atoms with Gasteiger partial charge in [-0.2, -0.15) is 0 Å². The number of benzene rings is 3. The average molecular weight is 489 g/mol. The van der Waals surface area contributed by atoms with Crippen molar-refractivity contribution in [1.82, 2.24) is 9.13 Å². The highest BCUT2D eigenvalue weighted by molar-refractivity contribution is 8.93. The predicted molar refractivity (Wildman–Crippen MR) is 125 cm³/mol. The van der Waals surface area contributed by atoms with Gasteiger partial charge in [0.05, 0.1) is 31.2 Å². The molecule has 0 atom stereocenters. The summed E-state index contributed by atoms with van der Waals surface area (Å²) in [6.45, 7) is 1.52. The van der Waals surface area contributed by atoms with E-state index in [2.05, 4.69) is 0 Å². The summed E-state index contributed by atoms with van der Waals surface area (Å²) in [5.74, 6) is 1.40. The van der Waals surface area contributed by atoms with Gasteiger partial charge in [-0.25, -0.2) is 0 Å². The zero-order chi connectivity index (χ0) is 20.2. The lowest BCUT2D eigenvalue weighted by molar-refractivity contribution is 0.278. The summed E-state index contributed by atoms with van der Waals surface area (Å²) in [6, 6.07) is 23.3. The molecule has 0 saturated heterocycles. The van der Waals surface area contributed by atoms with Gasteiger partial charge >= 0.3 is 0 Å². The Morgan fingerprint density at radius 2 is 1.43 bits per heavy atom. The van der Waals surface area contributed by atoms with E-state index in [1.54, 1.807) is 7.11 Å². The van der Waals surface area contributed by atoms with Crippen LogP contribution in [-0.2, 0) is 13.1 Å². The van der Waals surface area contributed by atoms with E-state index < -0.39 is 0 Å². The smallest absolute Gasteiger partial charge is 0.203 e. The third-order valence-electron chi connectivity index (χ3n) is 4.90. The molecule has 0 fully saturated rings. The standard InChI is InChI=1S/C23H22ClN3O2.BrH/c1-28-21-12-6-7-13-22(21)29-15-14-26-19-10-4-5-11-20(19)27(23(26)25)16-17-8-2-3-9-18(17)24;/h2-13,25H,14-16H2,1H3;1H. The molecule has 1 heterocycles. The molecule has 30 heavy (non-hydrogen) atoms. The molecule has 0 aliphatic carbocycles. The molecule has 0 radical (unpaired) electrons. The summed E-state index contributed by atoms with van der Waals surface area (Å²) in [6.07, 6.45) is 0. The molecular weight excluding hydrogens is 466 g/mol. The molecule has 0 unspecified atom stereocenters. The second-order valence-electron chi connectivity index (χ2n) is 6.64. The first-order chi connectivity index (χ1) is 14.2. The fourth-order valence-corrected chi connectivity index (χ4v) is 3.66. The highest BCUT2D eigenvalue weighted by atomic mass is 79.9. The van der Waals surface area contributed by atoms with Crippen LogP contribution in [0.1, 0.15) is 5.56 Å². The topological polar surface area (TPSA) is 52.2 Å². The van der Waals surface area contributed by atoms with Crippen molar-refractivity contribution in [2.24, 2.45) is 0 Å². The van der Waals surface area contributed by atoms with Crippen molar-refractivity contribution in [2.45, 2.75) is 13.1 Å². The maximum atomic E-state index is 8.76. The minimum atomic E-state index is 0. The minimum Gasteiger partial charge on any atom is -0.493 e. The zero-order valence-corrected chi connectivity index (χ0v) is 19.0. The van der Waals surface area contributed by atoms with Gasteiger partial charge in [-0.15, -0.1) is 17.0 Å². The summed E-state index contributed by atoms with van der Waals surface area (Å²) in [7, 11) is 1.63. The fraction of sp³-hybridized carbons (Fsp3) is 0.174. The number of methoxy groups -OCH3 is 1. The van der Waals surface area contributed by atoms with Crippen LogP contribution in [0.2, 0.25) is 5.02 Å². The van der Waals surface area contributed by atoms with Crippen molar-refractivity contribution in [3.63, 3.8) is 0 Å². The van der Waals surface area contributed by atoms with Crippen LogP contribution in [0.3, 0.4) is 0 Å². The minimum absolute atomic E-state index is 0. The van der Waals surface area contributed by atoms with Crippen LogP contribution in [-0.4, -0.2) is 22.9 Å². The van der Waals surface area contributed by atoms with Gasteiger partial charge in [0.2, 0.25) is 5.62 Å². The van der Waals surface area contributed by atoms with Crippen molar-refractivity contribution in [3.05, 3.63) is 89.0 Å². The summed E-state index contributed by atoms with van der Waals surface area (Å²) < 4.78 is 15.2. The predicted octanol–water partition coefficient (Wildman–Crippen LogP) is 5.29. The first-order valence-corrected chi connectivity index (χ1v) is 9.78. The lowest BCUT2D eigenvalue weighted by Crippen LogP contribution is -2.27. The molecule has 0 bridgehead atoms. The molecule has 1 N–H and O–H groups in total. The summed E-state index contributed by atoms with van der Waals surface area (Å²) in [4.78, 5) is 0. The molecule has 3 aromatic carbocycles. The van der Waals surface area contributed by atoms with E-state index in [9.17, 15) is 0 Å². The van der Waals surface area contributed by atoms with E-state index in [1.807, 2.05) is 81.9 Å². The summed E-state index contributed by atoms with van der Waals surface area (Å²) in [5, 5.41) is 9.46. The largest absolute Gasteiger partial charge is 0.493 e. The van der Waals surface area contributed by atoms with Gasteiger partial charge in [-0.05, 0) is 35.9 Å². The SMILES string of the molecule is Br.COc1ccccc1OCCn1c(=N)n(Cc2ccccc2Cl)c2ccccc21. The first kappa shape index (κ1) is 22.0. The highest BCUT2D eigenvalue weighted by Gasteiger charge is 2.12. The number of para-hydroxylation sites is 4. The number of hydrogen-bond donors (Lipinski definition) is 1. The molecule has 1 aromatic heterocycles. The van der Waals surface area contributed by atoms with Gasteiger partial charge in [-0.1, -0.05) is 54.1 Å². The number of aromatic nitrogens is 2. The number of nitrogens with zero attached hydrogens (tertiary/aromatic N) is 2. The maximum Gasteiger partial charge on any atom is 0.203 e. The Kier molecular flexibility index (Phi) is 7.24. The zero-order valence-electron chi connectivity index (χ0n) is 16.5. The molecule has 5 nitrogen and oxygen atoms in total. The molecule has 7 heteroatoms. The third kappa shape index (κ3) is 4.40. The number of rotatable bonds is 7. The van der Waals surface area contributed by atoms with Crippen LogP contribution in [0.5, 0.6) is 11.5 Å². The molecule has 0 amide bonds. The molecule has 156 valence electrons. The van der Waals surface area contributed by atoms with Crippen molar-refractivity contribution in [3.8, 4) is 11.5 Å². The number of ether oxygens (including phenoxy) is 2. The summed E-state index contributed by atoms with van der Waals surface area (Å²) in [5.41, 5.74) is 3.39. The van der Waals surface area contributed by atoms with Crippen LogP contribution in [0, 0.1) is 5.41 Å². The second-order valence-corrected chi connectivity index (χ2v) is 7.05. The maximum absolute atomic E-state index is 8.76. The Morgan fingerprint density at radius 3 is 2.13 bits per heavy atom. The van der Waals surface area contributed by atoms with Crippen molar-refractivity contribution >= 4 is 39.6 Å². The van der Waals surface area contributed by atoms with E-state index in [-0.39, 0.29) is 17.0 Å². The van der Waals surface area contributed by atoms with Gasteiger partial charge in [-0.3, -0.25) is 5.41 Å². The third-order valence-corrected chi connectivity index (χ3v) is 5.27. The van der Waals surface area contributed by atoms with Gasteiger partial charge in [0, 0.05) is 5.02 Å². The highest BCUT2D eigenvalue weighted by Crippen LogP contribution is 2.26. The lowest BCUT2D eigenvalue weighted by Gasteiger charge is -2.11. The summed E-state index contributed by atoms with van der Waals surface area (Å²) >= 11 is 6.35. The number of fused-ring (bicyclic) bond motifs is 1. The van der Waals surface area contributed by atoms with Crippen LogP contribution in [0.4, 0.5) is 0 Å². The Hall–Kier alpha value is -2.70. The molecule has 0 saturated carbocycles. The van der Waals surface area contributed by atoms with Gasteiger partial charge in [0.1, 0.15) is 6.61 Å². The average Bonchev–Trinajstić information content (AvgIpc) is 3.01. The fourth-order valence-electron chi connectivity index (χ4n) is 3.46. The molecule has 0 aliphatic rings. The van der Waals surface area contributed by atoms with Gasteiger partial charge in [0.25, 0.3) is 0 Å². The van der Waals surface area contributed by atoms with Crippen molar-refractivity contribution in [1.29, 1.82) is 5.41 Å². The molecular formula is C23H23BrClN3O2. The van der Waals surface area contributed by atoms with Crippen LogP contribution >= 0.6 is 28.6 Å². The Bertz CT molecular complexity index is 1200. The van der Waals surface area contributed by atoms with E-state index in [1.165, 1.54) is 0 Å². The van der Waals surface area contributed by atoms with E-state index in [4.69, 9.17) is 26.5 Å². The molecule has 0 spiro atoms. The lowest BCUT2D eigenvalue weighted by atomic mass is 10.2. The van der Waals surface area contributed by atoms with Gasteiger partial charge < -0.3 is 18.6 Å². The van der Waals surface area contributed by atoms with E-state index >= 15 is 0 Å². The van der Waals surface area contributed by atoms with E-state index in [0.29, 0.717) is 41.8 Å². The number of halogens is 2. The quantitative estimate of drug-likeness (QED) is 0.384. The molecule has 0 aliphatic heterocycles. The number of nitrogens with one attached hydrogen (secondary N) is 1. The van der Waals surface area contributed by atoms with Crippen LogP contribution in [0.25, 0.3) is 11.0 Å². The van der Waals surface area contributed by atoms with Crippen LogP contribution in [0.15, 0.2) is 72.8 Å². The molecule has 4 aromatic rings. The Labute approximate surface area is 190 Å². The number of hydrogen-bond acceptors (Lipinski definition) is 3. The Morgan fingerprint density at radius 1 is 0.833 bits per heavy atom. The van der Waals surface area contributed by atoms with E-state index in [0.717, 1.165) is 16.6 Å². The van der Waals surface area contributed by atoms with Crippen molar-refractivity contribution in [2.75, 3.05) is 13.7 Å². The first-order valence-electron chi connectivity index (χ1n) is 9.41. The van der Waals surface area contributed by atoms with Crippen LogP contribution < -0.4 is 15.1 Å². The second kappa shape index (κ2) is 9.87. The monoisotopic (exact) mass is 487 g/mol. The van der Waals surface area contributed by atoms with Crippen molar-refractivity contribution < 1.29 is 9.47 Å².